The molecule has 2 unspecified atom stereocenters. The number of benzene rings is 8. The highest BCUT2D eigenvalue weighted by molar-refractivity contribution is 6.14. The first-order valence-corrected chi connectivity index (χ1v) is 22.8. The number of fused-ring (bicyclic) bond motifs is 6. The van der Waals surface area contributed by atoms with E-state index in [1.807, 2.05) is 60.7 Å². The van der Waals surface area contributed by atoms with E-state index in [9.17, 15) is 10.5 Å². The zero-order valence-corrected chi connectivity index (χ0v) is 37.1. The van der Waals surface area contributed by atoms with E-state index in [2.05, 4.69) is 159 Å². The van der Waals surface area contributed by atoms with Gasteiger partial charge in [0.25, 0.3) is 0 Å². The van der Waals surface area contributed by atoms with Crippen molar-refractivity contribution in [3.8, 4) is 12.1 Å². The van der Waals surface area contributed by atoms with Crippen LogP contribution in [0.2, 0.25) is 0 Å². The number of para-hydroxylation sites is 4. The van der Waals surface area contributed by atoms with Gasteiger partial charge in [-0.25, -0.2) is 0 Å². The molecule has 8 aromatic carbocycles. The molecule has 0 aliphatic heterocycles. The minimum absolute atomic E-state index is 0.113. The average Bonchev–Trinajstić information content (AvgIpc) is 3.94. The monoisotopic (exact) mass is 852 g/mol. The number of nitrogens with zero attached hydrogens (tertiary/aromatic N) is 4. The number of hydrogen-bond acceptors (Lipinski definition) is 6. The Morgan fingerprint density at radius 3 is 1.65 bits per heavy atom. The van der Waals surface area contributed by atoms with Crippen molar-refractivity contribution in [3.63, 3.8) is 0 Å². The number of hydrogen-bond donors (Lipinski definition) is 0. The third kappa shape index (κ3) is 5.92. The maximum Gasteiger partial charge on any atom is 0.159 e. The Hall–Kier alpha value is -8.32. The maximum absolute atomic E-state index is 9.90. The van der Waals surface area contributed by atoms with E-state index < -0.39 is 0 Å². The number of furan rings is 2. The van der Waals surface area contributed by atoms with E-state index in [-0.39, 0.29) is 17.8 Å². The molecule has 0 radical (unpaired) electrons. The molecule has 0 bridgehead atoms. The van der Waals surface area contributed by atoms with Crippen LogP contribution in [-0.4, -0.2) is 0 Å². The van der Waals surface area contributed by atoms with Gasteiger partial charge in [0.1, 0.15) is 11.2 Å². The lowest BCUT2D eigenvalue weighted by Crippen LogP contribution is -2.28. The molecular formula is C60H44N4O2. The Balaban J connectivity index is 1.16. The third-order valence-corrected chi connectivity index (χ3v) is 13.9. The van der Waals surface area contributed by atoms with Gasteiger partial charge in [-0.2, -0.15) is 10.5 Å². The van der Waals surface area contributed by atoms with Crippen molar-refractivity contribution < 1.29 is 8.83 Å². The standard InChI is InChI=1S/C60H44N4O2/c1-35(2)49-31-53(63(39-23-19-37(33-61)20-24-39)51-15-9-13-45-41-11-5-7-17-55(41)65-59(45)51)47-30-28-44-50(36(3)4)32-54(48-29-27-43(49)57(47)58(44)48)64(40-25-21-38(34-62)22-26-40)52-16-10-14-46-42-12-6-8-18-56(42)66-60(46)52/h5-32,35-36,43,49H,1-4H3. The van der Waals surface area contributed by atoms with Gasteiger partial charge in [0.05, 0.1) is 46.0 Å². The molecule has 0 spiro atoms. The number of allylic oxidation sites excluding steroid dienone is 2. The summed E-state index contributed by atoms with van der Waals surface area (Å²) in [5.41, 5.74) is 15.2. The molecule has 0 saturated heterocycles. The fourth-order valence-electron chi connectivity index (χ4n) is 10.8. The maximum atomic E-state index is 9.90. The lowest BCUT2D eigenvalue weighted by molar-refractivity contribution is 0.426. The first-order chi connectivity index (χ1) is 32.3. The van der Waals surface area contributed by atoms with Gasteiger partial charge in [0.15, 0.2) is 11.2 Å². The first kappa shape index (κ1) is 39.3. The Bertz CT molecular complexity index is 3760. The summed E-state index contributed by atoms with van der Waals surface area (Å²) in [5, 5.41) is 26.5. The van der Waals surface area contributed by atoms with Crippen LogP contribution in [0.15, 0.2) is 173 Å². The zero-order valence-electron chi connectivity index (χ0n) is 37.1. The van der Waals surface area contributed by atoms with Crippen molar-refractivity contribution in [2.45, 2.75) is 39.5 Å². The van der Waals surface area contributed by atoms with Gasteiger partial charge < -0.3 is 18.6 Å². The molecular weight excluding hydrogens is 809 g/mol. The molecule has 10 aromatic rings. The molecule has 2 aromatic heterocycles. The molecule has 0 fully saturated rings. The Morgan fingerprint density at radius 1 is 0.545 bits per heavy atom. The zero-order chi connectivity index (χ0) is 44.8. The predicted octanol–water partition coefficient (Wildman–Crippen LogP) is 16.6. The summed E-state index contributed by atoms with van der Waals surface area (Å²) in [6.07, 6.45) is 7.28. The summed E-state index contributed by atoms with van der Waals surface area (Å²) in [4.78, 5) is 4.69. The van der Waals surface area contributed by atoms with Crippen molar-refractivity contribution in [1.82, 2.24) is 0 Å². The SMILES string of the molecule is CC(C)c1cc(N(c2ccc(C#N)cc2)c2cccc3c2oc2ccccc23)c2c3c4c(ccc13)C(N(c1ccc(C#N)cc1)c1cccc3c1oc1ccccc13)=CC(C(C)C)C4C=C2. The Labute approximate surface area is 383 Å². The molecule has 316 valence electrons. The van der Waals surface area contributed by atoms with Crippen molar-refractivity contribution in [2.75, 3.05) is 9.80 Å². The second kappa shape index (κ2) is 15.2. The van der Waals surface area contributed by atoms with E-state index in [0.717, 1.165) is 89.1 Å². The summed E-state index contributed by atoms with van der Waals surface area (Å²) >= 11 is 0. The fraction of sp³-hybridized carbons (Fsp3) is 0.133. The summed E-state index contributed by atoms with van der Waals surface area (Å²) in [7, 11) is 0. The highest BCUT2D eigenvalue weighted by Crippen LogP contribution is 2.56. The molecule has 0 amide bonds. The van der Waals surface area contributed by atoms with Crippen LogP contribution < -0.4 is 9.80 Å². The molecule has 6 nitrogen and oxygen atoms in total. The molecule has 2 aliphatic carbocycles. The van der Waals surface area contributed by atoms with Crippen LogP contribution in [0.4, 0.5) is 28.4 Å². The fourth-order valence-corrected chi connectivity index (χ4v) is 10.8. The van der Waals surface area contributed by atoms with Crippen molar-refractivity contribution >= 4 is 94.9 Å². The number of rotatable bonds is 8. The molecule has 2 heterocycles. The Morgan fingerprint density at radius 2 is 1.09 bits per heavy atom. The van der Waals surface area contributed by atoms with Gasteiger partial charge in [0.2, 0.25) is 0 Å². The van der Waals surface area contributed by atoms with Crippen LogP contribution >= 0.6 is 0 Å². The van der Waals surface area contributed by atoms with Crippen molar-refractivity contribution in [3.05, 3.63) is 197 Å². The van der Waals surface area contributed by atoms with Crippen LogP contribution in [0.5, 0.6) is 0 Å². The van der Waals surface area contributed by atoms with Crippen molar-refractivity contribution in [1.29, 1.82) is 10.5 Å². The van der Waals surface area contributed by atoms with Gasteiger partial charge in [-0.05, 0) is 119 Å². The van der Waals surface area contributed by atoms with Gasteiger partial charge >= 0.3 is 0 Å². The minimum Gasteiger partial charge on any atom is -0.454 e. The largest absolute Gasteiger partial charge is 0.454 e. The van der Waals surface area contributed by atoms with Crippen LogP contribution in [0.3, 0.4) is 0 Å². The molecule has 0 saturated carbocycles. The smallest absolute Gasteiger partial charge is 0.159 e. The van der Waals surface area contributed by atoms with E-state index in [1.54, 1.807) is 0 Å². The third-order valence-electron chi connectivity index (χ3n) is 13.9. The van der Waals surface area contributed by atoms with Gasteiger partial charge in [0, 0.05) is 50.0 Å². The lowest BCUT2D eigenvalue weighted by atomic mass is 9.68. The van der Waals surface area contributed by atoms with E-state index in [1.165, 1.54) is 21.9 Å². The molecule has 6 heteroatoms. The predicted molar refractivity (Wildman–Crippen MR) is 270 cm³/mol. The Kier molecular flexibility index (Phi) is 9.02. The molecule has 12 rings (SSSR count). The van der Waals surface area contributed by atoms with Crippen LogP contribution in [0.25, 0.3) is 66.4 Å². The number of anilines is 5. The second-order valence-corrected chi connectivity index (χ2v) is 18.3. The van der Waals surface area contributed by atoms with Gasteiger partial charge in [-0.3, -0.25) is 0 Å². The summed E-state index contributed by atoms with van der Waals surface area (Å²) in [5.74, 6) is 0.772. The second-order valence-electron chi connectivity index (χ2n) is 18.3. The van der Waals surface area contributed by atoms with Gasteiger partial charge in [-0.15, -0.1) is 0 Å². The van der Waals surface area contributed by atoms with Crippen LogP contribution in [0.1, 0.15) is 72.9 Å². The summed E-state index contributed by atoms with van der Waals surface area (Å²) < 4.78 is 13.5. The van der Waals surface area contributed by atoms with E-state index in [0.29, 0.717) is 17.0 Å². The minimum atomic E-state index is 0.113. The molecule has 0 N–H and O–H groups in total. The number of nitriles is 2. The van der Waals surface area contributed by atoms with Crippen LogP contribution in [0, 0.1) is 34.5 Å². The van der Waals surface area contributed by atoms with Gasteiger partial charge in [-0.1, -0.05) is 119 Å². The van der Waals surface area contributed by atoms with Crippen molar-refractivity contribution in [2.24, 2.45) is 11.8 Å². The molecule has 66 heavy (non-hydrogen) atoms. The highest BCUT2D eigenvalue weighted by Gasteiger charge is 2.38. The average molecular weight is 853 g/mol. The first-order valence-electron chi connectivity index (χ1n) is 22.8. The lowest BCUT2D eigenvalue weighted by Gasteiger charge is -2.41. The molecule has 2 aliphatic rings. The normalized spacial score (nSPS) is 15.2. The summed E-state index contributed by atoms with van der Waals surface area (Å²) in [6, 6.07) is 56.8. The topological polar surface area (TPSA) is 80.3 Å². The van der Waals surface area contributed by atoms with Crippen LogP contribution in [-0.2, 0) is 0 Å². The van der Waals surface area contributed by atoms with E-state index >= 15 is 0 Å². The molecule has 2 atom stereocenters. The quantitative estimate of drug-likeness (QED) is 0.151. The van der Waals surface area contributed by atoms with E-state index in [4.69, 9.17) is 8.83 Å². The highest BCUT2D eigenvalue weighted by atomic mass is 16.3. The summed E-state index contributed by atoms with van der Waals surface area (Å²) in [6.45, 7) is 9.23.